The lowest BCUT2D eigenvalue weighted by molar-refractivity contribution is 0.410. The molecule has 0 bridgehead atoms. The van der Waals surface area contributed by atoms with E-state index >= 15 is 0 Å². The Morgan fingerprint density at radius 2 is 2.12 bits per heavy atom. The van der Waals surface area contributed by atoms with E-state index in [1.54, 1.807) is 18.4 Å². The SMILES string of the molecule is COc1ccc(C)cc1C(Br)c1ccsc1. The van der Waals surface area contributed by atoms with E-state index in [2.05, 4.69) is 51.8 Å². The van der Waals surface area contributed by atoms with Crippen molar-refractivity contribution < 1.29 is 4.74 Å². The predicted octanol–water partition coefficient (Wildman–Crippen LogP) is 4.55. The molecule has 0 saturated heterocycles. The summed E-state index contributed by atoms with van der Waals surface area (Å²) in [5.74, 6) is 0.929. The summed E-state index contributed by atoms with van der Waals surface area (Å²) < 4.78 is 5.39. The maximum absolute atomic E-state index is 5.39. The Morgan fingerprint density at radius 1 is 1.31 bits per heavy atom. The van der Waals surface area contributed by atoms with Crippen LogP contribution >= 0.6 is 27.3 Å². The van der Waals surface area contributed by atoms with Gasteiger partial charge in [-0.25, -0.2) is 0 Å². The largest absolute Gasteiger partial charge is 0.496 e. The average molecular weight is 297 g/mol. The van der Waals surface area contributed by atoms with E-state index in [4.69, 9.17) is 4.74 Å². The van der Waals surface area contributed by atoms with E-state index in [1.807, 2.05) is 6.07 Å². The molecule has 0 amide bonds. The number of halogens is 1. The molecule has 0 fully saturated rings. The monoisotopic (exact) mass is 296 g/mol. The molecule has 0 N–H and O–H groups in total. The Labute approximate surface area is 108 Å². The van der Waals surface area contributed by atoms with Crippen LogP contribution in [0.25, 0.3) is 0 Å². The summed E-state index contributed by atoms with van der Waals surface area (Å²) in [4.78, 5) is 0.202. The molecule has 1 aromatic carbocycles. The molecule has 3 heteroatoms. The molecule has 2 aromatic rings. The fourth-order valence-corrected chi connectivity index (χ4v) is 3.15. The molecule has 0 aliphatic carbocycles. The Hall–Kier alpha value is -0.800. The van der Waals surface area contributed by atoms with Crippen LogP contribution in [0.1, 0.15) is 21.5 Å². The van der Waals surface area contributed by atoms with Crippen LogP contribution in [-0.4, -0.2) is 7.11 Å². The van der Waals surface area contributed by atoms with Gasteiger partial charge in [-0.1, -0.05) is 33.6 Å². The number of methoxy groups -OCH3 is 1. The first kappa shape index (κ1) is 11.7. The maximum Gasteiger partial charge on any atom is 0.123 e. The van der Waals surface area contributed by atoms with Gasteiger partial charge in [0.15, 0.2) is 0 Å². The third kappa shape index (κ3) is 2.30. The van der Waals surface area contributed by atoms with Crippen molar-refractivity contribution >= 4 is 27.3 Å². The molecular weight excluding hydrogens is 284 g/mol. The zero-order chi connectivity index (χ0) is 11.5. The van der Waals surface area contributed by atoms with Crippen LogP contribution in [-0.2, 0) is 0 Å². The Morgan fingerprint density at radius 3 is 2.75 bits per heavy atom. The summed E-state index contributed by atoms with van der Waals surface area (Å²) in [5, 5.41) is 4.24. The van der Waals surface area contributed by atoms with Gasteiger partial charge in [0, 0.05) is 5.56 Å². The van der Waals surface area contributed by atoms with E-state index in [-0.39, 0.29) is 4.83 Å². The molecule has 84 valence electrons. The topological polar surface area (TPSA) is 9.23 Å². The summed E-state index contributed by atoms with van der Waals surface area (Å²) in [6.45, 7) is 2.09. The van der Waals surface area contributed by atoms with Crippen LogP contribution in [0.15, 0.2) is 35.0 Å². The zero-order valence-electron chi connectivity index (χ0n) is 9.24. The first-order valence-electron chi connectivity index (χ1n) is 5.03. The first-order chi connectivity index (χ1) is 7.72. The molecule has 16 heavy (non-hydrogen) atoms. The van der Waals surface area contributed by atoms with Crippen molar-refractivity contribution in [3.8, 4) is 5.75 Å². The highest BCUT2D eigenvalue weighted by molar-refractivity contribution is 9.09. The fraction of sp³-hybridized carbons (Fsp3) is 0.231. The highest BCUT2D eigenvalue weighted by atomic mass is 79.9. The van der Waals surface area contributed by atoms with Crippen molar-refractivity contribution in [2.75, 3.05) is 7.11 Å². The highest BCUT2D eigenvalue weighted by Crippen LogP contribution is 2.37. The lowest BCUT2D eigenvalue weighted by atomic mass is 10.0. The molecule has 1 aromatic heterocycles. The van der Waals surface area contributed by atoms with Gasteiger partial charge in [0.1, 0.15) is 5.75 Å². The number of thiophene rings is 1. The van der Waals surface area contributed by atoms with E-state index in [0.29, 0.717) is 0 Å². The van der Waals surface area contributed by atoms with Crippen molar-refractivity contribution in [3.63, 3.8) is 0 Å². The Balaban J connectivity index is 2.42. The summed E-state index contributed by atoms with van der Waals surface area (Å²) in [6.07, 6.45) is 0. The zero-order valence-corrected chi connectivity index (χ0v) is 11.6. The number of rotatable bonds is 3. The van der Waals surface area contributed by atoms with Gasteiger partial charge in [0.25, 0.3) is 0 Å². The van der Waals surface area contributed by atoms with Gasteiger partial charge in [-0.2, -0.15) is 11.3 Å². The van der Waals surface area contributed by atoms with E-state index in [9.17, 15) is 0 Å². The Kier molecular flexibility index (Phi) is 3.66. The summed E-state index contributed by atoms with van der Waals surface area (Å²) in [6, 6.07) is 8.38. The van der Waals surface area contributed by atoms with Crippen molar-refractivity contribution in [2.45, 2.75) is 11.8 Å². The van der Waals surface area contributed by atoms with Crippen LogP contribution in [0.5, 0.6) is 5.75 Å². The molecule has 0 aliphatic heterocycles. The van der Waals surface area contributed by atoms with E-state index < -0.39 is 0 Å². The van der Waals surface area contributed by atoms with Crippen molar-refractivity contribution in [1.82, 2.24) is 0 Å². The van der Waals surface area contributed by atoms with E-state index in [0.717, 1.165) is 5.75 Å². The molecule has 0 saturated carbocycles. The number of hydrogen-bond acceptors (Lipinski definition) is 2. The van der Waals surface area contributed by atoms with Gasteiger partial charge in [-0.3, -0.25) is 0 Å². The highest BCUT2D eigenvalue weighted by Gasteiger charge is 2.15. The van der Waals surface area contributed by atoms with Crippen LogP contribution in [0, 0.1) is 6.92 Å². The Bertz CT molecular complexity index is 465. The van der Waals surface area contributed by atoms with Crippen LogP contribution < -0.4 is 4.74 Å². The smallest absolute Gasteiger partial charge is 0.123 e. The minimum absolute atomic E-state index is 0.202. The third-order valence-electron chi connectivity index (χ3n) is 2.49. The second-order valence-corrected chi connectivity index (χ2v) is 5.36. The first-order valence-corrected chi connectivity index (χ1v) is 6.89. The van der Waals surface area contributed by atoms with Crippen LogP contribution in [0.3, 0.4) is 0 Å². The molecule has 0 spiro atoms. The van der Waals surface area contributed by atoms with Gasteiger partial charge in [0.2, 0.25) is 0 Å². The standard InChI is InChI=1S/C13H13BrOS/c1-9-3-4-12(15-2)11(7-9)13(14)10-5-6-16-8-10/h3-8,13H,1-2H3. The normalized spacial score (nSPS) is 12.4. The van der Waals surface area contributed by atoms with Gasteiger partial charge in [-0.15, -0.1) is 0 Å². The van der Waals surface area contributed by atoms with Crippen LogP contribution in [0.4, 0.5) is 0 Å². The number of alkyl halides is 1. The van der Waals surface area contributed by atoms with E-state index in [1.165, 1.54) is 16.7 Å². The van der Waals surface area contributed by atoms with Crippen LogP contribution in [0.2, 0.25) is 0 Å². The second-order valence-electron chi connectivity index (χ2n) is 3.66. The quantitative estimate of drug-likeness (QED) is 0.755. The molecule has 1 heterocycles. The third-order valence-corrected chi connectivity index (χ3v) is 4.22. The lowest BCUT2D eigenvalue weighted by Gasteiger charge is -2.14. The second kappa shape index (κ2) is 5.02. The molecule has 0 aliphatic rings. The molecular formula is C13H13BrOS. The predicted molar refractivity (Wildman–Crippen MR) is 72.8 cm³/mol. The fourth-order valence-electron chi connectivity index (χ4n) is 1.65. The number of aryl methyl sites for hydroxylation is 1. The molecule has 1 unspecified atom stereocenters. The van der Waals surface area contributed by atoms with Crippen molar-refractivity contribution in [3.05, 3.63) is 51.7 Å². The summed E-state index contributed by atoms with van der Waals surface area (Å²) in [5.41, 5.74) is 3.70. The van der Waals surface area contributed by atoms with Gasteiger partial charge >= 0.3 is 0 Å². The van der Waals surface area contributed by atoms with Gasteiger partial charge in [0.05, 0.1) is 11.9 Å². The van der Waals surface area contributed by atoms with Crippen molar-refractivity contribution in [1.29, 1.82) is 0 Å². The maximum atomic E-state index is 5.39. The number of benzene rings is 1. The molecule has 2 rings (SSSR count). The minimum atomic E-state index is 0.202. The molecule has 1 atom stereocenters. The van der Waals surface area contributed by atoms with Gasteiger partial charge in [-0.05, 0) is 35.4 Å². The van der Waals surface area contributed by atoms with Crippen molar-refractivity contribution in [2.24, 2.45) is 0 Å². The summed E-state index contributed by atoms with van der Waals surface area (Å²) in [7, 11) is 1.71. The lowest BCUT2D eigenvalue weighted by Crippen LogP contribution is -1.96. The minimum Gasteiger partial charge on any atom is -0.496 e. The number of ether oxygens (including phenoxy) is 1. The molecule has 0 radical (unpaired) electrons. The average Bonchev–Trinajstić information content (AvgIpc) is 2.81. The molecule has 1 nitrogen and oxygen atoms in total. The number of hydrogen-bond donors (Lipinski definition) is 0. The van der Waals surface area contributed by atoms with Gasteiger partial charge < -0.3 is 4.74 Å². The summed E-state index contributed by atoms with van der Waals surface area (Å²) >= 11 is 5.44.